The Morgan fingerprint density at radius 3 is 2.55 bits per heavy atom. The average molecular weight is 396 g/mol. The first-order valence-electron chi connectivity index (χ1n) is 9.70. The molecule has 1 N–H and O–H groups in total. The molecule has 0 aliphatic carbocycles. The fourth-order valence-corrected chi connectivity index (χ4v) is 3.42. The predicted molar refractivity (Wildman–Crippen MR) is 111 cm³/mol. The van der Waals surface area contributed by atoms with Crippen molar-refractivity contribution >= 4 is 23.1 Å². The van der Waals surface area contributed by atoms with Crippen LogP contribution < -0.4 is 5.32 Å². The normalized spacial score (nSPS) is 14.1. The number of rotatable bonds is 8. The van der Waals surface area contributed by atoms with Crippen molar-refractivity contribution in [1.82, 2.24) is 4.90 Å². The molecule has 152 valence electrons. The van der Waals surface area contributed by atoms with E-state index in [0.717, 1.165) is 11.1 Å². The van der Waals surface area contributed by atoms with E-state index >= 15 is 0 Å². The molecule has 0 fully saturated rings. The lowest BCUT2D eigenvalue weighted by atomic mass is 9.97. The molecule has 0 aromatic heterocycles. The first-order chi connectivity index (χ1) is 13.9. The summed E-state index contributed by atoms with van der Waals surface area (Å²) in [6.07, 6.45) is 0.554. The largest absolute Gasteiger partial charge is 0.382 e. The van der Waals surface area contributed by atoms with Crippen LogP contribution in [0.3, 0.4) is 0 Å². The smallest absolute Gasteiger partial charge is 0.278 e. The lowest BCUT2D eigenvalue weighted by Crippen LogP contribution is -2.34. The van der Waals surface area contributed by atoms with Gasteiger partial charge in [0, 0.05) is 25.4 Å². The number of halogens is 1. The molecular formula is C23H25FN2O3. The van der Waals surface area contributed by atoms with Crippen LogP contribution in [0.15, 0.2) is 48.2 Å². The van der Waals surface area contributed by atoms with Gasteiger partial charge < -0.3 is 10.1 Å². The number of carbonyl (C=O) groups excluding carboxylic acids is 2. The fourth-order valence-electron chi connectivity index (χ4n) is 3.42. The van der Waals surface area contributed by atoms with Crippen LogP contribution in [0, 0.1) is 19.7 Å². The van der Waals surface area contributed by atoms with E-state index in [4.69, 9.17) is 4.74 Å². The predicted octanol–water partition coefficient (Wildman–Crippen LogP) is 4.06. The molecule has 0 bridgehead atoms. The second-order valence-corrected chi connectivity index (χ2v) is 7.02. The zero-order valence-electron chi connectivity index (χ0n) is 16.9. The Kier molecular flexibility index (Phi) is 6.44. The molecule has 5 nitrogen and oxygen atoms in total. The number of hydrogen-bond donors (Lipinski definition) is 1. The second-order valence-electron chi connectivity index (χ2n) is 7.02. The van der Waals surface area contributed by atoms with Crippen LogP contribution in [-0.2, 0) is 14.3 Å². The number of nitrogens with zero attached hydrogens (tertiary/aromatic N) is 1. The van der Waals surface area contributed by atoms with Gasteiger partial charge in [-0.05, 0) is 56.5 Å². The summed E-state index contributed by atoms with van der Waals surface area (Å²) in [5.41, 5.74) is 3.56. The molecule has 0 unspecified atom stereocenters. The Morgan fingerprint density at radius 2 is 1.86 bits per heavy atom. The van der Waals surface area contributed by atoms with Gasteiger partial charge in [0.25, 0.3) is 11.8 Å². The number of carbonyl (C=O) groups is 2. The van der Waals surface area contributed by atoms with E-state index < -0.39 is 11.7 Å². The minimum Gasteiger partial charge on any atom is -0.382 e. The molecule has 0 saturated heterocycles. The Morgan fingerprint density at radius 1 is 1.07 bits per heavy atom. The maximum atomic E-state index is 13.6. The second kappa shape index (κ2) is 9.01. The topological polar surface area (TPSA) is 58.6 Å². The summed E-state index contributed by atoms with van der Waals surface area (Å²) in [7, 11) is 0. The third-order valence-corrected chi connectivity index (χ3v) is 4.79. The van der Waals surface area contributed by atoms with Gasteiger partial charge in [-0.3, -0.25) is 14.5 Å². The van der Waals surface area contributed by atoms with Gasteiger partial charge in [0.1, 0.15) is 11.5 Å². The summed E-state index contributed by atoms with van der Waals surface area (Å²) in [5.74, 6) is -1.18. The summed E-state index contributed by atoms with van der Waals surface area (Å²) in [5, 5.41) is 2.98. The zero-order chi connectivity index (χ0) is 21.0. The van der Waals surface area contributed by atoms with Gasteiger partial charge in [0.15, 0.2) is 0 Å². The van der Waals surface area contributed by atoms with Gasteiger partial charge >= 0.3 is 0 Å². The highest BCUT2D eigenvalue weighted by Gasteiger charge is 2.39. The molecule has 2 aromatic carbocycles. The third kappa shape index (κ3) is 4.54. The maximum absolute atomic E-state index is 13.6. The minimum absolute atomic E-state index is 0.170. The molecule has 2 aromatic rings. The van der Waals surface area contributed by atoms with Crippen molar-refractivity contribution in [2.24, 2.45) is 0 Å². The van der Waals surface area contributed by atoms with Crippen LogP contribution in [0.1, 0.15) is 30.0 Å². The van der Waals surface area contributed by atoms with Crippen molar-refractivity contribution in [1.29, 1.82) is 0 Å². The van der Waals surface area contributed by atoms with E-state index in [1.807, 2.05) is 39.0 Å². The van der Waals surface area contributed by atoms with Crippen molar-refractivity contribution in [2.45, 2.75) is 27.2 Å². The lowest BCUT2D eigenvalue weighted by Gasteiger charge is -2.15. The SMILES string of the molecule is CCOCCCN1C(=O)C(Nc2cccc(F)c2)=C(c2ccc(C)cc2C)C1=O. The van der Waals surface area contributed by atoms with E-state index in [9.17, 15) is 14.0 Å². The van der Waals surface area contributed by atoms with Crippen LogP contribution in [0.25, 0.3) is 5.57 Å². The standard InChI is InChI=1S/C23H25FN2O3/c1-4-29-12-6-11-26-22(27)20(19-10-9-15(2)13-16(19)3)21(23(26)28)25-18-8-5-7-17(24)14-18/h5,7-10,13-14,25H,4,6,11-12H2,1-3H3. The van der Waals surface area contributed by atoms with Gasteiger partial charge in [-0.25, -0.2) is 4.39 Å². The molecule has 3 rings (SSSR count). The molecule has 29 heavy (non-hydrogen) atoms. The molecule has 1 aliphatic heterocycles. The lowest BCUT2D eigenvalue weighted by molar-refractivity contribution is -0.137. The minimum atomic E-state index is -0.422. The molecule has 1 aliphatic rings. The molecule has 0 radical (unpaired) electrons. The maximum Gasteiger partial charge on any atom is 0.278 e. The summed E-state index contributed by atoms with van der Waals surface area (Å²) >= 11 is 0. The summed E-state index contributed by atoms with van der Waals surface area (Å²) in [4.78, 5) is 27.5. The number of aryl methyl sites for hydroxylation is 2. The fraction of sp³-hybridized carbons (Fsp3) is 0.304. The highest BCUT2D eigenvalue weighted by molar-refractivity contribution is 6.36. The van der Waals surface area contributed by atoms with E-state index in [0.29, 0.717) is 36.5 Å². The van der Waals surface area contributed by atoms with Crippen LogP contribution in [0.4, 0.5) is 10.1 Å². The number of ether oxygens (including phenoxy) is 1. The van der Waals surface area contributed by atoms with Crippen molar-refractivity contribution in [3.05, 3.63) is 70.7 Å². The number of amides is 2. The van der Waals surface area contributed by atoms with Crippen LogP contribution in [0.5, 0.6) is 0 Å². The summed E-state index contributed by atoms with van der Waals surface area (Å²) in [6, 6.07) is 11.6. The zero-order valence-corrected chi connectivity index (χ0v) is 16.9. The Hall–Kier alpha value is -2.99. The quantitative estimate of drug-likeness (QED) is 0.540. The number of imide groups is 1. The molecule has 2 amide bonds. The average Bonchev–Trinajstić information content (AvgIpc) is 2.89. The van der Waals surface area contributed by atoms with Crippen molar-refractivity contribution in [3.63, 3.8) is 0 Å². The Bertz CT molecular complexity index is 968. The number of anilines is 1. The van der Waals surface area contributed by atoms with E-state index in [1.54, 1.807) is 12.1 Å². The van der Waals surface area contributed by atoms with Crippen molar-refractivity contribution in [3.8, 4) is 0 Å². The summed E-state index contributed by atoms with van der Waals surface area (Å²) in [6.45, 7) is 7.09. The number of nitrogens with one attached hydrogen (secondary N) is 1. The Balaban J connectivity index is 1.99. The molecule has 0 saturated carbocycles. The molecule has 0 atom stereocenters. The van der Waals surface area contributed by atoms with Gasteiger partial charge in [-0.1, -0.05) is 29.8 Å². The van der Waals surface area contributed by atoms with Crippen LogP contribution in [-0.4, -0.2) is 36.5 Å². The number of benzene rings is 2. The highest BCUT2D eigenvalue weighted by Crippen LogP contribution is 2.32. The first-order valence-corrected chi connectivity index (χ1v) is 9.70. The van der Waals surface area contributed by atoms with Crippen molar-refractivity contribution < 1.29 is 18.7 Å². The molecule has 0 spiro atoms. The van der Waals surface area contributed by atoms with E-state index in [-0.39, 0.29) is 18.1 Å². The third-order valence-electron chi connectivity index (χ3n) is 4.79. The van der Waals surface area contributed by atoms with Gasteiger partial charge in [0.05, 0.1) is 5.57 Å². The molecule has 6 heteroatoms. The van der Waals surface area contributed by atoms with Crippen LogP contribution in [0.2, 0.25) is 0 Å². The van der Waals surface area contributed by atoms with Crippen LogP contribution >= 0.6 is 0 Å². The van der Waals surface area contributed by atoms with E-state index in [1.165, 1.54) is 17.0 Å². The number of hydrogen-bond acceptors (Lipinski definition) is 4. The Labute approximate surface area is 170 Å². The molecule has 1 heterocycles. The van der Waals surface area contributed by atoms with Gasteiger partial charge in [0.2, 0.25) is 0 Å². The first kappa shape index (κ1) is 20.7. The van der Waals surface area contributed by atoms with Crippen molar-refractivity contribution in [2.75, 3.05) is 25.1 Å². The molecular weight excluding hydrogens is 371 g/mol. The van der Waals surface area contributed by atoms with E-state index in [2.05, 4.69) is 5.32 Å². The monoisotopic (exact) mass is 396 g/mol. The highest BCUT2D eigenvalue weighted by atomic mass is 19.1. The van der Waals surface area contributed by atoms with Gasteiger partial charge in [-0.15, -0.1) is 0 Å². The van der Waals surface area contributed by atoms with Gasteiger partial charge in [-0.2, -0.15) is 0 Å². The summed E-state index contributed by atoms with van der Waals surface area (Å²) < 4.78 is 19.0.